The van der Waals surface area contributed by atoms with Crippen LogP contribution in [0, 0.1) is 0 Å². The van der Waals surface area contributed by atoms with Gasteiger partial charge >= 0.3 is 26.7 Å². The van der Waals surface area contributed by atoms with Crippen molar-refractivity contribution in [3.8, 4) is 0 Å². The van der Waals surface area contributed by atoms with Gasteiger partial charge in [-0.15, -0.1) is 0 Å². The molecule has 0 aliphatic heterocycles. The van der Waals surface area contributed by atoms with E-state index in [1.165, 1.54) is 0 Å². The fourth-order valence-corrected chi connectivity index (χ4v) is 32.9. The molecular weight excluding hydrogens is 669 g/mol. The Morgan fingerprint density at radius 3 is 0.780 bits per heavy atom. The normalized spacial score (nSPS) is 13.5. The maximum atomic E-state index is 7.46. The van der Waals surface area contributed by atoms with E-state index < -0.39 is 80.9 Å². The number of hydrogen-bond donors (Lipinski definition) is 0. The van der Waals surface area contributed by atoms with E-state index in [2.05, 4.69) is 103 Å². The van der Waals surface area contributed by atoms with Gasteiger partial charge in [-0.2, -0.15) is 0 Å². The molecule has 17 heteroatoms. The van der Waals surface area contributed by atoms with Crippen molar-refractivity contribution in [2.75, 3.05) is 0 Å². The molecule has 0 heterocycles. The molecule has 0 saturated carbocycles. The third-order valence-electron chi connectivity index (χ3n) is 5.13. The van der Waals surface area contributed by atoms with E-state index in [1.807, 2.05) is 36.4 Å². The first-order valence-electron chi connectivity index (χ1n) is 14.7. The van der Waals surface area contributed by atoms with Crippen molar-refractivity contribution in [3.05, 3.63) is 60.7 Å². The van der Waals surface area contributed by atoms with Crippen molar-refractivity contribution in [1.82, 2.24) is 0 Å². The number of benzene rings is 2. The van der Waals surface area contributed by atoms with Gasteiger partial charge in [0.2, 0.25) is 0 Å². The Hall–Kier alpha value is 0.0719. The zero-order valence-corrected chi connectivity index (χ0v) is 36.9. The minimum Gasteiger partial charge on any atom is -0.399 e. The van der Waals surface area contributed by atoms with Crippen molar-refractivity contribution in [1.29, 1.82) is 0 Å². The molecule has 0 bridgehead atoms. The molecule has 2 aromatic rings. The molecule has 41 heavy (non-hydrogen) atoms. The summed E-state index contributed by atoms with van der Waals surface area (Å²) < 4.78 is 55.6. The summed E-state index contributed by atoms with van der Waals surface area (Å²) in [4.78, 5) is 0. The maximum absolute atomic E-state index is 7.46. The van der Waals surface area contributed by atoms with Gasteiger partial charge in [0.15, 0.2) is 54.2 Å². The molecule has 0 aliphatic carbocycles. The van der Waals surface area contributed by atoms with Crippen LogP contribution in [0.3, 0.4) is 0 Å². The summed E-state index contributed by atoms with van der Waals surface area (Å²) >= 11 is 0. The lowest BCUT2D eigenvalue weighted by Crippen LogP contribution is -2.76. The molecule has 0 aliphatic rings. The Kier molecular flexibility index (Phi) is 15.4. The lowest BCUT2D eigenvalue weighted by Gasteiger charge is -2.45. The van der Waals surface area contributed by atoms with E-state index in [4.69, 9.17) is 32.9 Å². The minimum atomic E-state index is -3.71. The van der Waals surface area contributed by atoms with Crippen LogP contribution in [0.25, 0.3) is 0 Å². The number of hydrogen-bond acceptors (Lipinski definition) is 8. The fourth-order valence-electron chi connectivity index (χ4n) is 4.13. The van der Waals surface area contributed by atoms with Crippen LogP contribution < -0.4 is 10.4 Å². The summed E-state index contributed by atoms with van der Waals surface area (Å²) in [5.41, 5.74) is 0. The molecule has 0 fully saturated rings. The Morgan fingerprint density at radius 2 is 0.585 bits per heavy atom. The summed E-state index contributed by atoms with van der Waals surface area (Å²) in [6.07, 6.45) is 0. The van der Waals surface area contributed by atoms with Crippen LogP contribution in [0.1, 0.15) is 0 Å². The van der Waals surface area contributed by atoms with Crippen LogP contribution in [0.5, 0.6) is 0 Å². The van der Waals surface area contributed by atoms with Gasteiger partial charge in [0, 0.05) is 0 Å². The summed E-state index contributed by atoms with van der Waals surface area (Å²) in [6.45, 7) is 25.5. The zero-order valence-electron chi connectivity index (χ0n) is 27.0. The van der Waals surface area contributed by atoms with Gasteiger partial charge in [-0.3, -0.25) is 0 Å². The molecule has 2 rings (SSSR count). The monoisotopic (exact) mass is 720 g/mol. The first-order valence-corrected chi connectivity index (χ1v) is 36.5. The highest BCUT2D eigenvalue weighted by Crippen LogP contribution is 2.28. The van der Waals surface area contributed by atoms with Gasteiger partial charge in [0.25, 0.3) is 0 Å². The van der Waals surface area contributed by atoms with E-state index in [1.54, 1.807) is 0 Å². The Balaban J connectivity index is 3.00. The first-order chi connectivity index (χ1) is 19.1. The van der Waals surface area contributed by atoms with Crippen molar-refractivity contribution in [2.45, 2.75) is 78.6 Å². The Morgan fingerprint density at radius 1 is 0.366 bits per heavy atom. The first kappa shape index (κ1) is 37.3. The summed E-state index contributed by atoms with van der Waals surface area (Å²) in [5, 5.41) is 1.82. The van der Waals surface area contributed by atoms with Crippen molar-refractivity contribution in [3.63, 3.8) is 0 Å². The van der Waals surface area contributed by atoms with E-state index in [0.717, 1.165) is 10.4 Å². The number of rotatable bonds is 18. The standard InChI is InChI=1S/C24H52O8Si9/c1-33(2)25-40(26-34(3)4,27-35(5)6)31-39(23-19-15-13-16-20-23,24-21-17-14-18-22-24)32-41(28-36(7)8,29-37(9)10)30-38(11)12/h13-22,33-38H,1-12H3. The molecule has 0 unspecified atom stereocenters. The third kappa shape index (κ3) is 11.8. The molecule has 0 amide bonds. The topological polar surface area (TPSA) is 73.8 Å². The van der Waals surface area contributed by atoms with Crippen LogP contribution in [0.15, 0.2) is 60.7 Å². The molecule has 8 nitrogen and oxygen atoms in total. The van der Waals surface area contributed by atoms with Crippen LogP contribution in [0.2, 0.25) is 78.6 Å². The van der Waals surface area contributed by atoms with Gasteiger partial charge in [-0.25, -0.2) is 0 Å². The summed E-state index contributed by atoms with van der Waals surface area (Å²) in [5.74, 6) is 0. The van der Waals surface area contributed by atoms with Crippen molar-refractivity contribution >= 4 is 91.3 Å². The second-order valence-corrected chi connectivity index (χ2v) is 35.8. The molecule has 0 atom stereocenters. The van der Waals surface area contributed by atoms with E-state index in [9.17, 15) is 0 Å². The highest BCUT2D eigenvalue weighted by atomic mass is 28.6. The molecule has 0 aromatic heterocycles. The molecular formula is C24H52O8Si9. The fraction of sp³-hybridized carbons (Fsp3) is 0.500. The van der Waals surface area contributed by atoms with Gasteiger partial charge in [-0.05, 0) is 88.9 Å². The van der Waals surface area contributed by atoms with Crippen molar-refractivity contribution < 1.29 is 32.9 Å². The van der Waals surface area contributed by atoms with Crippen LogP contribution >= 0.6 is 0 Å². The van der Waals surface area contributed by atoms with Crippen LogP contribution in [0.4, 0.5) is 0 Å². The quantitative estimate of drug-likeness (QED) is 0.218. The average Bonchev–Trinajstić information content (AvgIpc) is 2.81. The van der Waals surface area contributed by atoms with Gasteiger partial charge < -0.3 is 32.9 Å². The Labute approximate surface area is 262 Å². The lowest BCUT2D eigenvalue weighted by molar-refractivity contribution is 0.117. The van der Waals surface area contributed by atoms with Crippen LogP contribution in [-0.2, 0) is 32.9 Å². The molecule has 0 N–H and O–H groups in total. The second kappa shape index (κ2) is 17.0. The van der Waals surface area contributed by atoms with Crippen molar-refractivity contribution in [2.24, 2.45) is 0 Å². The highest BCUT2D eigenvalue weighted by Gasteiger charge is 2.63. The molecule has 0 radical (unpaired) electrons. The summed E-state index contributed by atoms with van der Waals surface area (Å²) in [6, 6.07) is 20.3. The zero-order chi connectivity index (χ0) is 30.8. The van der Waals surface area contributed by atoms with E-state index >= 15 is 0 Å². The second-order valence-electron chi connectivity index (χ2n) is 11.6. The Bertz CT molecular complexity index is 882. The van der Waals surface area contributed by atoms with Gasteiger partial charge in [0.1, 0.15) is 0 Å². The third-order valence-corrected chi connectivity index (χ3v) is 29.9. The molecule has 0 saturated heterocycles. The largest absolute Gasteiger partial charge is 0.638 e. The predicted octanol–water partition coefficient (Wildman–Crippen LogP) is 3.15. The molecule has 2 aromatic carbocycles. The van der Waals surface area contributed by atoms with E-state index in [0.29, 0.717) is 0 Å². The SMILES string of the molecule is C[SiH](C)O[Si](O[SiH](C)C)(O[SiH](C)C)O[Si](O[Si](O[SiH](C)C)(O[SiH](C)C)O[SiH](C)C)(c1ccccc1)c1ccccc1. The minimum absolute atomic E-state index is 0.911. The predicted molar refractivity (Wildman–Crippen MR) is 191 cm³/mol. The smallest absolute Gasteiger partial charge is 0.399 e. The van der Waals surface area contributed by atoms with Gasteiger partial charge in [0.05, 0.1) is 0 Å². The summed E-state index contributed by atoms with van der Waals surface area (Å²) in [7, 11) is -21.2. The van der Waals surface area contributed by atoms with E-state index in [-0.39, 0.29) is 0 Å². The molecule has 232 valence electrons. The lowest BCUT2D eigenvalue weighted by atomic mass is 10.4. The maximum Gasteiger partial charge on any atom is 0.638 e. The van der Waals surface area contributed by atoms with Gasteiger partial charge in [-0.1, -0.05) is 60.7 Å². The highest BCUT2D eigenvalue weighted by molar-refractivity contribution is 7.01. The van der Waals surface area contributed by atoms with Crippen LogP contribution in [-0.4, -0.2) is 80.9 Å². The average molecular weight is 721 g/mol. The molecule has 0 spiro atoms.